The molecular weight excluding hydrogens is 206 g/mol. The van der Waals surface area contributed by atoms with Crippen molar-refractivity contribution in [3.8, 4) is 0 Å². The van der Waals surface area contributed by atoms with Gasteiger partial charge in [-0.25, -0.2) is 9.69 Å². The lowest BCUT2D eigenvalue weighted by Gasteiger charge is -2.26. The zero-order valence-electron chi connectivity index (χ0n) is 9.26. The lowest BCUT2D eigenvalue weighted by Crippen LogP contribution is -2.40. The molecule has 0 aromatic rings. The van der Waals surface area contributed by atoms with Crippen LogP contribution in [0.5, 0.6) is 0 Å². The van der Waals surface area contributed by atoms with Crippen LogP contribution in [0.3, 0.4) is 0 Å². The van der Waals surface area contributed by atoms with E-state index in [1.165, 1.54) is 4.90 Å². The van der Waals surface area contributed by atoms with Gasteiger partial charge >= 0.3 is 6.09 Å². The summed E-state index contributed by atoms with van der Waals surface area (Å²) in [6.45, 7) is 2.87. The topological polar surface area (TPSA) is 46.6 Å². The van der Waals surface area contributed by atoms with Crippen LogP contribution in [0.2, 0.25) is 0 Å². The van der Waals surface area contributed by atoms with Crippen molar-refractivity contribution >= 4 is 12.0 Å². The van der Waals surface area contributed by atoms with Crippen LogP contribution in [0.4, 0.5) is 4.79 Å². The predicted octanol–water partition coefficient (Wildman–Crippen LogP) is 1.42. The number of hydrogen-bond donors (Lipinski definition) is 0. The monoisotopic (exact) mass is 221 g/mol. The molecule has 2 bridgehead atoms. The van der Waals surface area contributed by atoms with Gasteiger partial charge in [0, 0.05) is 5.92 Å². The van der Waals surface area contributed by atoms with E-state index < -0.39 is 6.09 Å². The molecule has 2 fully saturated rings. The van der Waals surface area contributed by atoms with E-state index in [2.05, 4.69) is 19.1 Å². The van der Waals surface area contributed by atoms with E-state index in [1.807, 2.05) is 0 Å². The van der Waals surface area contributed by atoms with Crippen molar-refractivity contribution in [2.75, 3.05) is 13.2 Å². The van der Waals surface area contributed by atoms with Gasteiger partial charge in [0.05, 0.1) is 6.54 Å². The maximum Gasteiger partial charge on any atom is 0.416 e. The minimum absolute atomic E-state index is 0.0133. The lowest BCUT2D eigenvalue weighted by molar-refractivity contribution is -0.134. The van der Waals surface area contributed by atoms with Gasteiger partial charge in [0.1, 0.15) is 6.61 Å². The van der Waals surface area contributed by atoms with Crippen molar-refractivity contribution in [3.63, 3.8) is 0 Å². The van der Waals surface area contributed by atoms with Crippen molar-refractivity contribution in [2.45, 2.75) is 13.3 Å². The van der Waals surface area contributed by atoms with Gasteiger partial charge in [0.15, 0.2) is 0 Å². The number of fused-ring (bicyclic) bond motifs is 2. The third kappa shape index (κ3) is 1.22. The van der Waals surface area contributed by atoms with E-state index in [0.717, 1.165) is 6.42 Å². The van der Waals surface area contributed by atoms with Gasteiger partial charge in [0.2, 0.25) is 5.91 Å². The Kier molecular flexibility index (Phi) is 2.06. The first-order valence-corrected chi connectivity index (χ1v) is 5.85. The second kappa shape index (κ2) is 3.34. The Balaban J connectivity index is 1.81. The minimum Gasteiger partial charge on any atom is -0.447 e. The molecule has 0 aromatic carbocycles. The molecular formula is C12H15NO3. The van der Waals surface area contributed by atoms with Gasteiger partial charge in [0.25, 0.3) is 0 Å². The van der Waals surface area contributed by atoms with Crippen molar-refractivity contribution in [1.82, 2.24) is 4.90 Å². The Labute approximate surface area is 94.2 Å². The number of amides is 2. The molecule has 1 saturated carbocycles. The lowest BCUT2D eigenvalue weighted by atomic mass is 9.83. The van der Waals surface area contributed by atoms with E-state index in [0.29, 0.717) is 30.9 Å². The highest BCUT2D eigenvalue weighted by atomic mass is 16.6. The molecule has 1 aliphatic heterocycles. The van der Waals surface area contributed by atoms with E-state index in [-0.39, 0.29) is 11.8 Å². The number of rotatable bonds is 1. The summed E-state index contributed by atoms with van der Waals surface area (Å²) in [5.41, 5.74) is 0. The van der Waals surface area contributed by atoms with Crippen molar-refractivity contribution < 1.29 is 14.3 Å². The summed E-state index contributed by atoms with van der Waals surface area (Å²) < 4.78 is 4.81. The van der Waals surface area contributed by atoms with Crippen LogP contribution in [0, 0.1) is 23.7 Å². The van der Waals surface area contributed by atoms with E-state index in [9.17, 15) is 9.59 Å². The number of carbonyl (C=O) groups is 2. The molecule has 0 spiro atoms. The molecule has 1 unspecified atom stereocenters. The Morgan fingerprint density at radius 1 is 1.44 bits per heavy atom. The fourth-order valence-corrected chi connectivity index (χ4v) is 3.25. The van der Waals surface area contributed by atoms with Crippen LogP contribution in [0.25, 0.3) is 0 Å². The number of ether oxygens (including phenoxy) is 1. The first-order valence-electron chi connectivity index (χ1n) is 5.85. The number of cyclic esters (lactones) is 1. The average molecular weight is 221 g/mol. The first kappa shape index (κ1) is 9.87. The molecule has 1 heterocycles. The zero-order chi connectivity index (χ0) is 11.3. The maximum absolute atomic E-state index is 12.2. The molecule has 86 valence electrons. The first-order chi connectivity index (χ1) is 7.68. The molecule has 0 N–H and O–H groups in total. The smallest absolute Gasteiger partial charge is 0.416 e. The van der Waals surface area contributed by atoms with E-state index in [1.54, 1.807) is 0 Å². The normalized spacial score (nSPS) is 40.6. The van der Waals surface area contributed by atoms with Gasteiger partial charge in [-0.2, -0.15) is 0 Å². The van der Waals surface area contributed by atoms with Gasteiger partial charge < -0.3 is 4.74 Å². The summed E-state index contributed by atoms with van der Waals surface area (Å²) in [5, 5.41) is 0. The number of imide groups is 1. The molecule has 4 atom stereocenters. The molecule has 0 radical (unpaired) electrons. The van der Waals surface area contributed by atoms with Crippen LogP contribution >= 0.6 is 0 Å². The highest BCUT2D eigenvalue weighted by Gasteiger charge is 2.48. The van der Waals surface area contributed by atoms with E-state index >= 15 is 0 Å². The highest BCUT2D eigenvalue weighted by molar-refractivity contribution is 5.94. The van der Waals surface area contributed by atoms with E-state index in [4.69, 9.17) is 4.74 Å². The quantitative estimate of drug-likeness (QED) is 0.629. The van der Waals surface area contributed by atoms with Gasteiger partial charge in [-0.1, -0.05) is 19.1 Å². The summed E-state index contributed by atoms with van der Waals surface area (Å²) >= 11 is 0. The maximum atomic E-state index is 12.2. The zero-order valence-corrected chi connectivity index (χ0v) is 9.26. The fraction of sp³-hybridized carbons (Fsp3) is 0.667. The van der Waals surface area contributed by atoms with Gasteiger partial charge in [-0.3, -0.25) is 4.79 Å². The average Bonchev–Trinajstić information content (AvgIpc) is 2.92. The van der Waals surface area contributed by atoms with Gasteiger partial charge in [-0.05, 0) is 24.2 Å². The van der Waals surface area contributed by atoms with Crippen LogP contribution in [0.1, 0.15) is 13.3 Å². The largest absolute Gasteiger partial charge is 0.447 e. The van der Waals surface area contributed by atoms with Crippen LogP contribution < -0.4 is 0 Å². The summed E-state index contributed by atoms with van der Waals surface area (Å²) in [6.07, 6.45) is 4.94. The van der Waals surface area contributed by atoms with Crippen molar-refractivity contribution in [2.24, 2.45) is 23.7 Å². The third-order valence-electron chi connectivity index (χ3n) is 4.16. The van der Waals surface area contributed by atoms with Crippen LogP contribution in [0.15, 0.2) is 12.2 Å². The molecule has 1 saturated heterocycles. The summed E-state index contributed by atoms with van der Waals surface area (Å²) in [5.74, 6) is 1.17. The summed E-state index contributed by atoms with van der Waals surface area (Å²) in [7, 11) is 0. The number of allylic oxidation sites excluding steroid dienone is 2. The summed E-state index contributed by atoms with van der Waals surface area (Å²) in [4.78, 5) is 24.9. The Hall–Kier alpha value is -1.32. The second-order valence-corrected chi connectivity index (χ2v) is 4.94. The highest BCUT2D eigenvalue weighted by Crippen LogP contribution is 2.48. The minimum atomic E-state index is -0.469. The van der Waals surface area contributed by atoms with Gasteiger partial charge in [-0.15, -0.1) is 0 Å². The number of nitrogens with zero attached hydrogens (tertiary/aromatic N) is 1. The molecule has 3 aliphatic rings. The molecule has 2 amide bonds. The Morgan fingerprint density at radius 2 is 2.19 bits per heavy atom. The van der Waals surface area contributed by atoms with Crippen LogP contribution in [-0.4, -0.2) is 30.1 Å². The van der Waals surface area contributed by atoms with Crippen LogP contribution in [-0.2, 0) is 9.53 Å². The number of carbonyl (C=O) groups excluding carboxylic acids is 2. The van der Waals surface area contributed by atoms with Crippen molar-refractivity contribution in [3.05, 3.63) is 12.2 Å². The fourth-order valence-electron chi connectivity index (χ4n) is 3.25. The second-order valence-electron chi connectivity index (χ2n) is 4.94. The SMILES string of the molecule is C[C@H]1[C@@H]2C=CC(C2)[C@@H]1C(=O)N1CCOC1=O. The molecule has 2 aliphatic carbocycles. The Morgan fingerprint density at radius 3 is 2.75 bits per heavy atom. The molecule has 4 heteroatoms. The summed E-state index contributed by atoms with van der Waals surface area (Å²) in [6, 6.07) is 0. The third-order valence-corrected chi connectivity index (χ3v) is 4.16. The standard InChI is InChI=1S/C12H15NO3/c1-7-8-2-3-9(6-8)10(7)11(14)13-4-5-16-12(13)15/h2-3,7-10H,4-6H2,1H3/t7-,8+,9?,10+/m0/s1. The molecule has 16 heavy (non-hydrogen) atoms. The molecule has 0 aromatic heterocycles. The molecule has 4 nitrogen and oxygen atoms in total. The molecule has 3 rings (SSSR count). The Bertz CT molecular complexity index is 376. The van der Waals surface area contributed by atoms with Crippen molar-refractivity contribution in [1.29, 1.82) is 0 Å². The predicted molar refractivity (Wildman–Crippen MR) is 56.5 cm³/mol. The number of hydrogen-bond acceptors (Lipinski definition) is 3.